The maximum Gasteiger partial charge on any atom is 0.182 e. The van der Waals surface area contributed by atoms with Gasteiger partial charge in [-0.05, 0) is 43.4 Å². The van der Waals surface area contributed by atoms with Crippen LogP contribution in [0.5, 0.6) is 0 Å². The van der Waals surface area contributed by atoms with Gasteiger partial charge < -0.3 is 16.0 Å². The molecule has 3 N–H and O–H groups in total. The summed E-state index contributed by atoms with van der Waals surface area (Å²) in [5.74, 6) is 1.10. The zero-order valence-electron chi connectivity index (χ0n) is 13.2. The van der Waals surface area contributed by atoms with E-state index in [0.29, 0.717) is 43.6 Å². The van der Waals surface area contributed by atoms with E-state index in [9.17, 15) is 0 Å². The Labute approximate surface area is 160 Å². The molecule has 0 spiro atoms. The van der Waals surface area contributed by atoms with Gasteiger partial charge in [0.25, 0.3) is 0 Å². The van der Waals surface area contributed by atoms with Crippen LogP contribution in [0, 0.1) is 0 Å². The van der Waals surface area contributed by atoms with Gasteiger partial charge in [-0.3, -0.25) is 0 Å². The fraction of sp³-hybridized carbons (Fsp3) is 0.125. The number of pyridine rings is 1. The Hall–Kier alpha value is -2.22. The average Bonchev–Trinajstić information content (AvgIpc) is 2.59. The van der Waals surface area contributed by atoms with Crippen LogP contribution in [0.15, 0.2) is 36.5 Å². The number of aromatic nitrogens is 3. The van der Waals surface area contributed by atoms with Crippen molar-refractivity contribution in [2.75, 3.05) is 17.2 Å². The molecule has 2 heterocycles. The molecule has 9 heteroatoms. The Balaban J connectivity index is 1.87. The number of nitrogens with one attached hydrogen (secondary N) is 3. The van der Waals surface area contributed by atoms with Crippen LogP contribution in [0.1, 0.15) is 6.92 Å². The molecule has 0 bridgehead atoms. The molecule has 0 radical (unpaired) electrons. The van der Waals surface area contributed by atoms with Crippen molar-refractivity contribution >= 4 is 69.0 Å². The number of halogens is 2. The molecular formula is C16H14Cl2N6S. The highest BCUT2D eigenvalue weighted by Crippen LogP contribution is 2.31. The largest absolute Gasteiger partial charge is 0.363 e. The minimum absolute atomic E-state index is 0.422. The number of hydrogen-bond acceptors (Lipinski definition) is 5. The molecule has 0 fully saturated rings. The van der Waals surface area contributed by atoms with Gasteiger partial charge in [0, 0.05) is 6.54 Å². The molecule has 0 amide bonds. The van der Waals surface area contributed by atoms with Crippen molar-refractivity contribution < 1.29 is 0 Å². The van der Waals surface area contributed by atoms with Crippen LogP contribution in [-0.4, -0.2) is 26.6 Å². The highest BCUT2D eigenvalue weighted by molar-refractivity contribution is 7.80. The van der Waals surface area contributed by atoms with Gasteiger partial charge in [0.05, 0.1) is 21.9 Å². The maximum atomic E-state index is 6.18. The summed E-state index contributed by atoms with van der Waals surface area (Å²) in [6, 6.07) is 8.94. The Kier molecular flexibility index (Phi) is 5.47. The van der Waals surface area contributed by atoms with Gasteiger partial charge in [-0.25, -0.2) is 15.0 Å². The SMILES string of the molecule is CCNC(=S)Nc1ccc2ncc(Nc3cccc(Cl)c3Cl)nc2n1. The summed E-state index contributed by atoms with van der Waals surface area (Å²) in [6.07, 6.45) is 1.61. The number of thiocarbonyl (C=S) groups is 1. The molecule has 1 aromatic carbocycles. The van der Waals surface area contributed by atoms with Gasteiger partial charge in [-0.2, -0.15) is 0 Å². The summed E-state index contributed by atoms with van der Waals surface area (Å²) in [7, 11) is 0. The first-order chi connectivity index (χ1) is 12.1. The monoisotopic (exact) mass is 392 g/mol. The lowest BCUT2D eigenvalue weighted by Crippen LogP contribution is -2.28. The average molecular weight is 393 g/mol. The van der Waals surface area contributed by atoms with Gasteiger partial charge >= 0.3 is 0 Å². The van der Waals surface area contributed by atoms with E-state index in [0.717, 1.165) is 6.54 Å². The van der Waals surface area contributed by atoms with E-state index < -0.39 is 0 Å². The standard InChI is InChI=1S/C16H14Cl2N6S/c1-2-19-16(25)24-12-7-6-11-15(22-12)23-13(8-20-11)21-10-5-3-4-9(17)14(10)18/h3-8H,2H2,1H3,(H3,19,21,22,23,24,25). The van der Waals surface area contributed by atoms with Crippen LogP contribution in [-0.2, 0) is 0 Å². The first-order valence-electron chi connectivity index (χ1n) is 7.46. The minimum atomic E-state index is 0.422. The molecule has 0 unspecified atom stereocenters. The van der Waals surface area contributed by atoms with E-state index in [-0.39, 0.29) is 0 Å². The maximum absolute atomic E-state index is 6.18. The lowest BCUT2D eigenvalue weighted by Gasteiger charge is -2.10. The third-order valence-electron chi connectivity index (χ3n) is 3.20. The molecule has 6 nitrogen and oxygen atoms in total. The molecule has 0 atom stereocenters. The predicted octanol–water partition coefficient (Wildman–Crippen LogP) is 4.38. The topological polar surface area (TPSA) is 74.8 Å². The third kappa shape index (κ3) is 4.25. The molecule has 25 heavy (non-hydrogen) atoms. The molecule has 128 valence electrons. The van der Waals surface area contributed by atoms with Crippen molar-refractivity contribution in [2.24, 2.45) is 0 Å². The molecule has 0 aliphatic rings. The second-order valence-electron chi connectivity index (χ2n) is 5.01. The lowest BCUT2D eigenvalue weighted by molar-refractivity contribution is 0.978. The van der Waals surface area contributed by atoms with E-state index in [1.165, 1.54) is 0 Å². The van der Waals surface area contributed by atoms with E-state index in [1.54, 1.807) is 30.5 Å². The normalized spacial score (nSPS) is 10.5. The first-order valence-corrected chi connectivity index (χ1v) is 8.63. The second-order valence-corrected chi connectivity index (χ2v) is 6.20. The molecular weight excluding hydrogens is 379 g/mol. The molecule has 3 aromatic rings. The Morgan fingerprint density at radius 1 is 1.12 bits per heavy atom. The predicted molar refractivity (Wildman–Crippen MR) is 107 cm³/mol. The van der Waals surface area contributed by atoms with E-state index in [4.69, 9.17) is 35.4 Å². The summed E-state index contributed by atoms with van der Waals surface area (Å²) in [6.45, 7) is 2.69. The number of benzene rings is 1. The van der Waals surface area contributed by atoms with Gasteiger partial charge in [0.2, 0.25) is 0 Å². The first kappa shape index (κ1) is 17.6. The zero-order valence-corrected chi connectivity index (χ0v) is 15.5. The Morgan fingerprint density at radius 3 is 2.72 bits per heavy atom. The van der Waals surface area contributed by atoms with Crippen molar-refractivity contribution in [3.63, 3.8) is 0 Å². The van der Waals surface area contributed by atoms with E-state index in [2.05, 4.69) is 30.9 Å². The summed E-state index contributed by atoms with van der Waals surface area (Å²) in [5, 5.41) is 10.5. The van der Waals surface area contributed by atoms with Crippen molar-refractivity contribution in [3.05, 3.63) is 46.6 Å². The van der Waals surface area contributed by atoms with Gasteiger partial charge in [0.1, 0.15) is 11.3 Å². The Morgan fingerprint density at radius 2 is 1.92 bits per heavy atom. The van der Waals surface area contributed by atoms with Crippen molar-refractivity contribution in [1.29, 1.82) is 0 Å². The number of nitrogens with zero attached hydrogens (tertiary/aromatic N) is 3. The summed E-state index contributed by atoms with van der Waals surface area (Å²) in [4.78, 5) is 13.2. The number of hydrogen-bond donors (Lipinski definition) is 3. The van der Waals surface area contributed by atoms with Gasteiger partial charge in [0.15, 0.2) is 16.6 Å². The highest BCUT2D eigenvalue weighted by atomic mass is 35.5. The fourth-order valence-corrected chi connectivity index (χ4v) is 2.68. The minimum Gasteiger partial charge on any atom is -0.363 e. The molecule has 0 aliphatic heterocycles. The molecule has 0 saturated carbocycles. The van der Waals surface area contributed by atoms with Gasteiger partial charge in [-0.1, -0.05) is 29.3 Å². The van der Waals surface area contributed by atoms with Crippen LogP contribution in [0.4, 0.5) is 17.3 Å². The molecule has 0 aliphatic carbocycles. The van der Waals surface area contributed by atoms with E-state index in [1.807, 2.05) is 13.0 Å². The summed E-state index contributed by atoms with van der Waals surface area (Å²) >= 11 is 17.4. The Bertz CT molecular complexity index is 934. The van der Waals surface area contributed by atoms with Crippen molar-refractivity contribution in [3.8, 4) is 0 Å². The lowest BCUT2D eigenvalue weighted by atomic mass is 10.3. The van der Waals surface area contributed by atoms with Crippen LogP contribution in [0.3, 0.4) is 0 Å². The van der Waals surface area contributed by atoms with Crippen LogP contribution < -0.4 is 16.0 Å². The summed E-state index contributed by atoms with van der Waals surface area (Å²) in [5.41, 5.74) is 1.79. The van der Waals surface area contributed by atoms with Crippen LogP contribution in [0.25, 0.3) is 11.2 Å². The third-order valence-corrected chi connectivity index (χ3v) is 4.27. The molecule has 0 saturated heterocycles. The molecule has 2 aromatic heterocycles. The zero-order chi connectivity index (χ0) is 17.8. The number of fused-ring (bicyclic) bond motifs is 1. The van der Waals surface area contributed by atoms with Crippen molar-refractivity contribution in [1.82, 2.24) is 20.3 Å². The highest BCUT2D eigenvalue weighted by Gasteiger charge is 2.08. The summed E-state index contributed by atoms with van der Waals surface area (Å²) < 4.78 is 0. The second kappa shape index (κ2) is 7.77. The molecule has 3 rings (SSSR count). The van der Waals surface area contributed by atoms with E-state index >= 15 is 0 Å². The smallest absolute Gasteiger partial charge is 0.182 e. The number of rotatable bonds is 4. The quantitative estimate of drug-likeness (QED) is 0.568. The fourth-order valence-electron chi connectivity index (χ4n) is 2.09. The van der Waals surface area contributed by atoms with Crippen LogP contribution in [0.2, 0.25) is 10.0 Å². The number of anilines is 3. The van der Waals surface area contributed by atoms with Crippen molar-refractivity contribution in [2.45, 2.75) is 6.92 Å². The van der Waals surface area contributed by atoms with Gasteiger partial charge in [-0.15, -0.1) is 0 Å². The van der Waals surface area contributed by atoms with Crippen LogP contribution >= 0.6 is 35.4 Å².